The van der Waals surface area contributed by atoms with Gasteiger partial charge in [0, 0.05) is 32.9 Å². The third kappa shape index (κ3) is 2.99. The molecule has 9 heteroatoms. The van der Waals surface area contributed by atoms with Crippen LogP contribution in [-0.4, -0.2) is 24.1 Å². The van der Waals surface area contributed by atoms with Crippen LogP contribution >= 0.6 is 34.5 Å². The van der Waals surface area contributed by atoms with E-state index >= 15 is 0 Å². The number of rotatable bonds is 3. The highest BCUT2D eigenvalue weighted by atomic mass is 35.5. The quantitative estimate of drug-likeness (QED) is 0.373. The average Bonchev–Trinajstić information content (AvgIpc) is 3.47. The van der Waals surface area contributed by atoms with E-state index in [1.54, 1.807) is 40.4 Å². The van der Waals surface area contributed by atoms with Crippen LogP contribution in [0.5, 0.6) is 0 Å². The lowest BCUT2D eigenvalue weighted by Gasteiger charge is -2.10. The molecule has 154 valence electrons. The molecule has 0 saturated carbocycles. The van der Waals surface area contributed by atoms with Gasteiger partial charge in [0.25, 0.3) is 0 Å². The van der Waals surface area contributed by atoms with Gasteiger partial charge >= 0.3 is 5.69 Å². The Kier molecular flexibility index (Phi) is 4.38. The zero-order valence-electron chi connectivity index (χ0n) is 16.2. The topological polar surface area (TPSA) is 65.1 Å². The Bertz CT molecular complexity index is 1540. The summed E-state index contributed by atoms with van der Waals surface area (Å²) in [7, 11) is 0. The molecule has 0 unspecified atom stereocenters. The Morgan fingerprint density at radius 2 is 2.06 bits per heavy atom. The minimum absolute atomic E-state index is 0.240. The number of benzene rings is 1. The van der Waals surface area contributed by atoms with E-state index in [1.807, 2.05) is 18.2 Å². The summed E-state index contributed by atoms with van der Waals surface area (Å²) in [5, 5.41) is 6.68. The van der Waals surface area contributed by atoms with E-state index in [0.29, 0.717) is 28.1 Å². The van der Waals surface area contributed by atoms with Crippen molar-refractivity contribution in [3.8, 4) is 11.4 Å². The van der Waals surface area contributed by atoms with Crippen molar-refractivity contribution >= 4 is 50.4 Å². The highest BCUT2D eigenvalue weighted by Crippen LogP contribution is 2.39. The van der Waals surface area contributed by atoms with Crippen molar-refractivity contribution in [3.05, 3.63) is 79.3 Å². The summed E-state index contributed by atoms with van der Waals surface area (Å²) in [6.07, 6.45) is 6.54. The highest BCUT2D eigenvalue weighted by molar-refractivity contribution is 7.19. The summed E-state index contributed by atoms with van der Waals surface area (Å²) in [6, 6.07) is 9.07. The first-order chi connectivity index (χ1) is 15.1. The highest BCUT2D eigenvalue weighted by Gasteiger charge is 2.25. The minimum atomic E-state index is -0.240. The summed E-state index contributed by atoms with van der Waals surface area (Å²) >= 11 is 14.2. The number of aryl methyl sites for hydroxylation is 2. The maximum Gasteiger partial charge on any atom is 0.352 e. The van der Waals surface area contributed by atoms with E-state index in [9.17, 15) is 4.79 Å². The fraction of sp³-hybridized carbons (Fsp3) is 0.182. The molecule has 0 atom stereocenters. The van der Waals surface area contributed by atoms with Gasteiger partial charge in [0.15, 0.2) is 11.5 Å². The molecule has 0 N–H and O–H groups in total. The standard InChI is InChI=1S/C22H15Cl2N5OS/c23-14-7-6-13(16(24)9-14)11-28-21-18(15-4-1-5-17(15)31-21)20-26-19(27-29(20)22(28)30)12-3-2-8-25-10-12/h2-3,6-10H,1,4-5,11H2. The Balaban J connectivity index is 1.64. The maximum atomic E-state index is 13.5. The minimum Gasteiger partial charge on any atom is -0.278 e. The molecule has 1 aromatic carbocycles. The molecule has 1 aliphatic carbocycles. The number of fused-ring (bicyclic) bond motifs is 5. The lowest BCUT2D eigenvalue weighted by atomic mass is 10.2. The first kappa shape index (κ1) is 19.0. The van der Waals surface area contributed by atoms with Gasteiger partial charge < -0.3 is 0 Å². The summed E-state index contributed by atoms with van der Waals surface area (Å²) in [6.45, 7) is 0.336. The lowest BCUT2D eigenvalue weighted by Crippen LogP contribution is -2.28. The van der Waals surface area contributed by atoms with Crippen LogP contribution in [0.15, 0.2) is 47.5 Å². The van der Waals surface area contributed by atoms with Crippen LogP contribution in [0.4, 0.5) is 0 Å². The van der Waals surface area contributed by atoms with Gasteiger partial charge in [0.2, 0.25) is 0 Å². The van der Waals surface area contributed by atoms with Crippen LogP contribution in [0.1, 0.15) is 22.4 Å². The predicted molar refractivity (Wildman–Crippen MR) is 123 cm³/mol. The monoisotopic (exact) mass is 467 g/mol. The van der Waals surface area contributed by atoms with E-state index in [-0.39, 0.29) is 5.69 Å². The van der Waals surface area contributed by atoms with Gasteiger partial charge in [-0.25, -0.2) is 9.78 Å². The van der Waals surface area contributed by atoms with Crippen molar-refractivity contribution in [1.82, 2.24) is 24.1 Å². The van der Waals surface area contributed by atoms with E-state index in [2.05, 4.69) is 10.1 Å². The van der Waals surface area contributed by atoms with Crippen molar-refractivity contribution in [2.45, 2.75) is 25.8 Å². The summed E-state index contributed by atoms with van der Waals surface area (Å²) in [4.78, 5) is 24.7. The molecule has 0 fully saturated rings. The van der Waals surface area contributed by atoms with E-state index < -0.39 is 0 Å². The second kappa shape index (κ2) is 7.15. The van der Waals surface area contributed by atoms with Crippen LogP contribution in [-0.2, 0) is 19.4 Å². The molecule has 5 aromatic rings. The van der Waals surface area contributed by atoms with Gasteiger partial charge in [-0.05, 0) is 54.7 Å². The molecule has 6 nitrogen and oxygen atoms in total. The van der Waals surface area contributed by atoms with Crippen LogP contribution in [0.25, 0.3) is 27.3 Å². The molecule has 4 heterocycles. The third-order valence-electron chi connectivity index (χ3n) is 5.65. The number of hydrogen-bond acceptors (Lipinski definition) is 5. The van der Waals surface area contributed by atoms with Gasteiger partial charge in [-0.3, -0.25) is 9.55 Å². The number of thiophene rings is 1. The van der Waals surface area contributed by atoms with Gasteiger partial charge in [-0.1, -0.05) is 29.3 Å². The van der Waals surface area contributed by atoms with E-state index in [0.717, 1.165) is 40.6 Å². The Morgan fingerprint density at radius 3 is 2.87 bits per heavy atom. The molecule has 0 saturated heterocycles. The second-order valence-electron chi connectivity index (χ2n) is 7.55. The largest absolute Gasteiger partial charge is 0.352 e. The first-order valence-corrected chi connectivity index (χ1v) is 11.5. The Hall–Kier alpha value is -2.74. The molecule has 4 aromatic heterocycles. The molecule has 0 radical (unpaired) electrons. The number of hydrogen-bond donors (Lipinski definition) is 0. The third-order valence-corrected chi connectivity index (χ3v) is 7.56. The fourth-order valence-corrected chi connectivity index (χ4v) is 6.04. The molecular formula is C22H15Cl2N5OS. The van der Waals surface area contributed by atoms with E-state index in [4.69, 9.17) is 28.2 Å². The molecule has 0 amide bonds. The Labute approximate surface area is 190 Å². The molecule has 31 heavy (non-hydrogen) atoms. The molecule has 0 aliphatic heterocycles. The van der Waals surface area contributed by atoms with E-state index in [1.165, 1.54) is 15.0 Å². The number of aromatic nitrogens is 5. The fourth-order valence-electron chi connectivity index (χ4n) is 4.20. The molecule has 1 aliphatic rings. The van der Waals surface area contributed by atoms with Crippen LogP contribution < -0.4 is 5.69 Å². The van der Waals surface area contributed by atoms with Crippen molar-refractivity contribution in [1.29, 1.82) is 0 Å². The van der Waals surface area contributed by atoms with Crippen molar-refractivity contribution in [3.63, 3.8) is 0 Å². The zero-order valence-corrected chi connectivity index (χ0v) is 18.5. The maximum absolute atomic E-state index is 13.5. The van der Waals surface area contributed by atoms with Crippen molar-refractivity contribution in [2.24, 2.45) is 0 Å². The SMILES string of the molecule is O=c1n(Cc2ccc(Cl)cc2Cl)c2sc3c(c2c2nc(-c4cccnc4)nn12)CCC3. The number of nitrogens with zero attached hydrogens (tertiary/aromatic N) is 5. The number of halogens is 2. The molecule has 0 spiro atoms. The van der Waals surface area contributed by atoms with Gasteiger partial charge in [-0.2, -0.15) is 4.52 Å². The van der Waals surface area contributed by atoms with Crippen molar-refractivity contribution < 1.29 is 0 Å². The smallest absolute Gasteiger partial charge is 0.278 e. The molecule has 6 rings (SSSR count). The van der Waals surface area contributed by atoms with Gasteiger partial charge in [0.05, 0.1) is 11.9 Å². The van der Waals surface area contributed by atoms with Gasteiger partial charge in [0.1, 0.15) is 4.83 Å². The summed E-state index contributed by atoms with van der Waals surface area (Å²) in [5.74, 6) is 0.492. The van der Waals surface area contributed by atoms with Crippen molar-refractivity contribution in [2.75, 3.05) is 0 Å². The number of pyridine rings is 1. The lowest BCUT2D eigenvalue weighted by molar-refractivity contribution is 0.720. The van der Waals surface area contributed by atoms with Crippen LogP contribution in [0.2, 0.25) is 10.0 Å². The van der Waals surface area contributed by atoms with Gasteiger partial charge in [-0.15, -0.1) is 16.4 Å². The molecule has 0 bridgehead atoms. The Morgan fingerprint density at radius 1 is 1.16 bits per heavy atom. The summed E-state index contributed by atoms with van der Waals surface area (Å²) < 4.78 is 3.17. The zero-order chi connectivity index (χ0) is 21.1. The normalized spacial score (nSPS) is 13.4. The van der Waals surface area contributed by atoms with Crippen LogP contribution in [0, 0.1) is 0 Å². The van der Waals surface area contributed by atoms with Crippen LogP contribution in [0.3, 0.4) is 0 Å². The first-order valence-electron chi connectivity index (χ1n) is 9.88. The predicted octanol–water partition coefficient (Wildman–Crippen LogP) is 5.01. The average molecular weight is 468 g/mol. The second-order valence-corrected chi connectivity index (χ2v) is 9.48. The summed E-state index contributed by atoms with van der Waals surface area (Å²) in [5.41, 5.74) is 3.26. The molecular weight excluding hydrogens is 453 g/mol.